The molecule has 0 amide bonds. The summed E-state index contributed by atoms with van der Waals surface area (Å²) in [5.41, 5.74) is -0.358. The molecule has 2 aliphatic rings. The molecule has 22 heavy (non-hydrogen) atoms. The normalized spacial score (nSPS) is 25.3. The van der Waals surface area contributed by atoms with Crippen molar-refractivity contribution < 1.29 is 14.6 Å². The minimum Gasteiger partial charge on any atom is -0.378 e. The van der Waals surface area contributed by atoms with Crippen molar-refractivity contribution >= 4 is 8.07 Å². The fourth-order valence-corrected chi connectivity index (χ4v) is 4.83. The fourth-order valence-electron chi connectivity index (χ4n) is 3.31. The van der Waals surface area contributed by atoms with E-state index in [0.29, 0.717) is 18.8 Å². The summed E-state index contributed by atoms with van der Waals surface area (Å²) < 4.78 is 11.4. The molecule has 4 heteroatoms. The van der Waals surface area contributed by atoms with Gasteiger partial charge in [0.1, 0.15) is 5.60 Å². The van der Waals surface area contributed by atoms with Gasteiger partial charge in [-0.3, -0.25) is 0 Å². The number of hydrogen-bond acceptors (Lipinski definition) is 3. The predicted molar refractivity (Wildman–Crippen MR) is 92.4 cm³/mol. The summed E-state index contributed by atoms with van der Waals surface area (Å²) in [5, 5.41) is 10.6. The molecule has 1 N–H and O–H groups in total. The molecule has 0 spiro atoms. The van der Waals surface area contributed by atoms with Gasteiger partial charge in [-0.15, -0.1) is 0 Å². The van der Waals surface area contributed by atoms with E-state index in [4.69, 9.17) is 9.47 Å². The lowest BCUT2D eigenvalue weighted by molar-refractivity contribution is -0.147. The molecule has 0 aromatic rings. The molecule has 1 heterocycles. The van der Waals surface area contributed by atoms with Crippen LogP contribution in [0.3, 0.4) is 0 Å². The van der Waals surface area contributed by atoms with Crippen LogP contribution in [0.5, 0.6) is 0 Å². The van der Waals surface area contributed by atoms with Crippen molar-refractivity contribution in [3.63, 3.8) is 0 Å². The third-order valence-corrected chi connectivity index (χ3v) is 7.51. The van der Waals surface area contributed by atoms with Crippen LogP contribution >= 0.6 is 0 Å². The summed E-state index contributed by atoms with van der Waals surface area (Å²) in [5.74, 6) is 6.28. The minimum atomic E-state index is -1.40. The quantitative estimate of drug-likeness (QED) is 0.629. The van der Waals surface area contributed by atoms with E-state index in [1.165, 1.54) is 6.42 Å². The Hall–Kier alpha value is -0.343. The maximum atomic E-state index is 10.6. The van der Waals surface area contributed by atoms with Gasteiger partial charge in [0.25, 0.3) is 0 Å². The van der Waals surface area contributed by atoms with Crippen LogP contribution in [0.25, 0.3) is 0 Å². The zero-order chi connectivity index (χ0) is 16.3. The van der Waals surface area contributed by atoms with Gasteiger partial charge >= 0.3 is 0 Å². The average Bonchev–Trinajstić information content (AvgIpc) is 2.85. The lowest BCUT2D eigenvalue weighted by atomic mass is 9.85. The van der Waals surface area contributed by atoms with Gasteiger partial charge in [-0.25, -0.2) is 0 Å². The summed E-state index contributed by atoms with van der Waals surface area (Å²) >= 11 is 0. The van der Waals surface area contributed by atoms with Gasteiger partial charge in [-0.2, -0.15) is 0 Å². The van der Waals surface area contributed by atoms with Crippen molar-refractivity contribution in [2.24, 2.45) is 0 Å². The first-order valence-corrected chi connectivity index (χ1v) is 12.3. The molecule has 0 radical (unpaired) electrons. The van der Waals surface area contributed by atoms with Gasteiger partial charge < -0.3 is 14.6 Å². The zero-order valence-electron chi connectivity index (χ0n) is 14.7. The molecule has 1 atom stereocenters. The molecule has 1 unspecified atom stereocenters. The molecule has 2 rings (SSSR count). The molecule has 126 valence electrons. The van der Waals surface area contributed by atoms with Crippen LogP contribution in [0.4, 0.5) is 0 Å². The Morgan fingerprint density at radius 3 is 2.23 bits per heavy atom. The molecular weight excluding hydrogens is 292 g/mol. The third kappa shape index (κ3) is 5.09. The van der Waals surface area contributed by atoms with Crippen molar-refractivity contribution in [2.75, 3.05) is 13.2 Å². The largest absolute Gasteiger partial charge is 0.378 e. The fraction of sp³-hybridized carbons (Fsp3) is 0.889. The molecular formula is C18H32O3Si. The van der Waals surface area contributed by atoms with Crippen molar-refractivity contribution in [2.45, 2.75) is 88.4 Å². The van der Waals surface area contributed by atoms with Gasteiger partial charge in [0.15, 0.2) is 5.79 Å². The maximum absolute atomic E-state index is 10.6. The van der Waals surface area contributed by atoms with Crippen LogP contribution in [0.1, 0.15) is 51.9 Å². The van der Waals surface area contributed by atoms with E-state index in [-0.39, 0.29) is 0 Å². The Bertz CT molecular complexity index is 418. The Labute approximate surface area is 136 Å². The molecule has 0 bridgehead atoms. The SMILES string of the molecule is CC1(CCC(C#CC2(O)CCCCC2)[Si](C)(C)C)OCCO1. The zero-order valence-corrected chi connectivity index (χ0v) is 15.7. The molecule has 1 saturated heterocycles. The first-order chi connectivity index (χ1) is 10.2. The van der Waals surface area contributed by atoms with Crippen LogP contribution in [-0.4, -0.2) is 37.8 Å². The highest BCUT2D eigenvalue weighted by Crippen LogP contribution is 2.33. The summed E-state index contributed by atoms with van der Waals surface area (Å²) in [6, 6.07) is 0. The summed E-state index contributed by atoms with van der Waals surface area (Å²) in [4.78, 5) is 0. The maximum Gasteiger partial charge on any atom is 0.165 e. The predicted octanol–water partition coefficient (Wildman–Crippen LogP) is 3.94. The van der Waals surface area contributed by atoms with Crippen molar-refractivity contribution in [3.05, 3.63) is 0 Å². The van der Waals surface area contributed by atoms with Crippen molar-refractivity contribution in [1.29, 1.82) is 0 Å². The van der Waals surface area contributed by atoms with Gasteiger partial charge in [-0.05, 0) is 39.0 Å². The Morgan fingerprint density at radius 1 is 1.09 bits per heavy atom. The van der Waals surface area contributed by atoms with Crippen LogP contribution in [0.15, 0.2) is 0 Å². The first-order valence-electron chi connectivity index (χ1n) is 8.76. The second kappa shape index (κ2) is 7.05. The monoisotopic (exact) mass is 324 g/mol. The minimum absolute atomic E-state index is 0.378. The van der Waals surface area contributed by atoms with E-state index in [9.17, 15) is 5.11 Å². The standard InChI is InChI=1S/C18H32O3Si/c1-17(20-14-15-21-17)12-8-16(22(2,3)4)9-13-18(19)10-6-5-7-11-18/h16,19H,5-8,10-12,14-15H2,1-4H3. The molecule has 1 aliphatic carbocycles. The number of aliphatic hydroxyl groups is 1. The Balaban J connectivity index is 2.01. The average molecular weight is 325 g/mol. The Kier molecular flexibility index (Phi) is 5.77. The molecule has 0 aromatic heterocycles. The van der Waals surface area contributed by atoms with E-state index in [1.807, 2.05) is 6.92 Å². The van der Waals surface area contributed by atoms with Gasteiger partial charge in [0, 0.05) is 12.0 Å². The number of rotatable bonds is 4. The molecule has 1 aliphatic heterocycles. The molecule has 0 aromatic carbocycles. The number of ether oxygens (including phenoxy) is 2. The number of hydrogen-bond donors (Lipinski definition) is 1. The smallest absolute Gasteiger partial charge is 0.165 e. The highest BCUT2D eigenvalue weighted by molar-refractivity contribution is 6.78. The Morgan fingerprint density at radius 2 is 1.68 bits per heavy atom. The highest BCUT2D eigenvalue weighted by Gasteiger charge is 2.34. The first kappa shape index (κ1) is 18.0. The van der Waals surface area contributed by atoms with E-state index in [1.54, 1.807) is 0 Å². The molecule has 2 fully saturated rings. The van der Waals surface area contributed by atoms with Crippen LogP contribution in [0.2, 0.25) is 25.2 Å². The van der Waals surface area contributed by atoms with E-state index in [2.05, 4.69) is 31.5 Å². The van der Waals surface area contributed by atoms with E-state index >= 15 is 0 Å². The van der Waals surface area contributed by atoms with Crippen LogP contribution in [0, 0.1) is 11.8 Å². The van der Waals surface area contributed by atoms with E-state index in [0.717, 1.165) is 38.5 Å². The van der Waals surface area contributed by atoms with Crippen molar-refractivity contribution in [3.8, 4) is 11.8 Å². The lowest BCUT2D eigenvalue weighted by Gasteiger charge is -2.30. The summed E-state index contributed by atoms with van der Waals surface area (Å²) in [6.07, 6.45) is 6.98. The van der Waals surface area contributed by atoms with Crippen LogP contribution < -0.4 is 0 Å². The van der Waals surface area contributed by atoms with Gasteiger partial charge in [0.05, 0.1) is 21.3 Å². The lowest BCUT2D eigenvalue weighted by Crippen LogP contribution is -2.33. The third-order valence-electron chi connectivity index (χ3n) is 4.99. The molecule has 3 nitrogen and oxygen atoms in total. The van der Waals surface area contributed by atoms with E-state index < -0.39 is 19.5 Å². The topological polar surface area (TPSA) is 38.7 Å². The van der Waals surface area contributed by atoms with Gasteiger partial charge in [0.2, 0.25) is 0 Å². The highest BCUT2D eigenvalue weighted by atomic mass is 28.3. The van der Waals surface area contributed by atoms with Crippen LogP contribution in [-0.2, 0) is 9.47 Å². The van der Waals surface area contributed by atoms with Gasteiger partial charge in [-0.1, -0.05) is 37.9 Å². The summed E-state index contributed by atoms with van der Waals surface area (Å²) in [7, 11) is -1.40. The summed E-state index contributed by atoms with van der Waals surface area (Å²) in [6.45, 7) is 10.5. The van der Waals surface area contributed by atoms with Crippen molar-refractivity contribution in [1.82, 2.24) is 0 Å². The second-order valence-corrected chi connectivity index (χ2v) is 13.6. The second-order valence-electron chi connectivity index (χ2n) is 8.15. The molecule has 1 saturated carbocycles.